The molecule has 3 rings (SSSR count). The van der Waals surface area contributed by atoms with Crippen molar-refractivity contribution in [3.8, 4) is 17.2 Å². The lowest BCUT2D eigenvalue weighted by Gasteiger charge is -2.10. The molecule has 2 aromatic carbocycles. The first-order valence-electron chi connectivity index (χ1n) is 6.96. The Morgan fingerprint density at radius 1 is 0.870 bits per heavy atom. The highest BCUT2D eigenvalue weighted by atomic mass is 35.5. The van der Waals surface area contributed by atoms with Crippen LogP contribution in [0.25, 0.3) is 0 Å². The average molecular weight is 346 g/mol. The molecule has 0 aliphatic carbocycles. The first-order valence-corrected chi connectivity index (χ1v) is 7.72. The second kappa shape index (κ2) is 7.36. The normalized spacial score (nSPS) is 10.3. The second-order valence-electron chi connectivity index (χ2n) is 4.79. The van der Waals surface area contributed by atoms with Crippen LogP contribution in [-0.2, 0) is 6.61 Å². The van der Waals surface area contributed by atoms with E-state index >= 15 is 0 Å². The van der Waals surface area contributed by atoms with Gasteiger partial charge in [0.2, 0.25) is 0 Å². The Bertz CT molecular complexity index is 777. The van der Waals surface area contributed by atoms with Gasteiger partial charge in [-0.25, -0.2) is 4.98 Å². The van der Waals surface area contributed by atoms with Crippen molar-refractivity contribution in [2.75, 3.05) is 0 Å². The summed E-state index contributed by atoms with van der Waals surface area (Å²) in [6.45, 7) is 0.364. The minimum atomic E-state index is 0.364. The van der Waals surface area contributed by atoms with Crippen molar-refractivity contribution in [3.05, 3.63) is 82.6 Å². The van der Waals surface area contributed by atoms with Gasteiger partial charge in [0.05, 0.1) is 5.02 Å². The Morgan fingerprint density at radius 2 is 1.70 bits per heavy atom. The third kappa shape index (κ3) is 4.38. The van der Waals surface area contributed by atoms with E-state index in [-0.39, 0.29) is 0 Å². The molecule has 5 heteroatoms. The molecule has 3 aromatic rings. The summed E-state index contributed by atoms with van der Waals surface area (Å²) in [5.74, 6) is 1.99. The molecule has 0 N–H and O–H groups in total. The summed E-state index contributed by atoms with van der Waals surface area (Å²) < 4.78 is 11.4. The van der Waals surface area contributed by atoms with Crippen molar-refractivity contribution in [2.24, 2.45) is 0 Å². The molecule has 0 saturated heterocycles. The van der Waals surface area contributed by atoms with Gasteiger partial charge in [-0.1, -0.05) is 47.5 Å². The number of pyridine rings is 1. The predicted octanol–water partition coefficient (Wildman–Crippen LogP) is 5.76. The summed E-state index contributed by atoms with van der Waals surface area (Å²) in [6, 6.07) is 18.4. The lowest BCUT2D eigenvalue weighted by Crippen LogP contribution is -1.96. The fourth-order valence-electron chi connectivity index (χ4n) is 1.94. The topological polar surface area (TPSA) is 31.4 Å². The van der Waals surface area contributed by atoms with Gasteiger partial charge in [-0.2, -0.15) is 0 Å². The van der Waals surface area contributed by atoms with Crippen molar-refractivity contribution >= 4 is 23.2 Å². The minimum Gasteiger partial charge on any atom is -0.487 e. The number of benzene rings is 2. The van der Waals surface area contributed by atoms with Crippen LogP contribution in [0.3, 0.4) is 0 Å². The van der Waals surface area contributed by atoms with Crippen LogP contribution in [0, 0.1) is 0 Å². The van der Waals surface area contributed by atoms with E-state index in [1.54, 1.807) is 24.4 Å². The van der Waals surface area contributed by atoms with E-state index < -0.39 is 0 Å². The molecule has 1 heterocycles. The van der Waals surface area contributed by atoms with E-state index in [0.29, 0.717) is 28.3 Å². The molecule has 0 amide bonds. The van der Waals surface area contributed by atoms with E-state index in [9.17, 15) is 0 Å². The van der Waals surface area contributed by atoms with Crippen LogP contribution >= 0.6 is 23.2 Å². The van der Waals surface area contributed by atoms with Gasteiger partial charge in [-0.05, 0) is 30.3 Å². The quantitative estimate of drug-likeness (QED) is 0.551. The van der Waals surface area contributed by atoms with Gasteiger partial charge in [0, 0.05) is 17.8 Å². The minimum absolute atomic E-state index is 0.364. The molecule has 3 nitrogen and oxygen atoms in total. The van der Waals surface area contributed by atoms with E-state index in [4.69, 9.17) is 32.7 Å². The zero-order chi connectivity index (χ0) is 16.1. The number of rotatable bonds is 5. The fourth-order valence-corrected chi connectivity index (χ4v) is 2.28. The van der Waals surface area contributed by atoms with Crippen LogP contribution in [0.4, 0.5) is 0 Å². The van der Waals surface area contributed by atoms with Gasteiger partial charge in [0.25, 0.3) is 0 Å². The predicted molar refractivity (Wildman–Crippen MR) is 91.5 cm³/mol. The van der Waals surface area contributed by atoms with Crippen LogP contribution in [0.5, 0.6) is 17.2 Å². The number of nitrogens with zero attached hydrogens (tertiary/aromatic N) is 1. The third-order valence-corrected chi connectivity index (χ3v) is 3.58. The summed E-state index contributed by atoms with van der Waals surface area (Å²) in [7, 11) is 0. The first kappa shape index (κ1) is 15.7. The number of ether oxygens (including phenoxy) is 2. The summed E-state index contributed by atoms with van der Waals surface area (Å²) in [5, 5.41) is 0.939. The summed E-state index contributed by atoms with van der Waals surface area (Å²) >= 11 is 12.0. The van der Waals surface area contributed by atoms with Gasteiger partial charge in [-0.15, -0.1) is 0 Å². The van der Waals surface area contributed by atoms with Crippen LogP contribution in [-0.4, -0.2) is 4.98 Å². The first-order chi connectivity index (χ1) is 11.2. The van der Waals surface area contributed by atoms with Crippen molar-refractivity contribution in [3.63, 3.8) is 0 Å². The second-order valence-corrected chi connectivity index (χ2v) is 5.58. The van der Waals surface area contributed by atoms with Crippen molar-refractivity contribution in [1.82, 2.24) is 4.98 Å². The molecule has 116 valence electrons. The van der Waals surface area contributed by atoms with E-state index in [0.717, 1.165) is 11.3 Å². The fraction of sp³-hybridized carbons (Fsp3) is 0.0556. The largest absolute Gasteiger partial charge is 0.487 e. The Morgan fingerprint density at radius 3 is 2.39 bits per heavy atom. The number of aromatic nitrogens is 1. The van der Waals surface area contributed by atoms with Gasteiger partial charge in [0.15, 0.2) is 0 Å². The Labute approximate surface area is 144 Å². The van der Waals surface area contributed by atoms with Crippen LogP contribution < -0.4 is 9.47 Å². The van der Waals surface area contributed by atoms with E-state index in [1.165, 1.54) is 0 Å². The molecule has 0 bridgehead atoms. The molecular weight excluding hydrogens is 333 g/mol. The highest BCUT2D eigenvalue weighted by molar-refractivity contribution is 6.32. The van der Waals surface area contributed by atoms with Crippen LogP contribution in [0.2, 0.25) is 10.2 Å². The molecule has 0 unspecified atom stereocenters. The maximum absolute atomic E-state index is 6.25. The van der Waals surface area contributed by atoms with E-state index in [1.807, 2.05) is 42.5 Å². The molecule has 0 radical (unpaired) electrons. The summed E-state index contributed by atoms with van der Waals surface area (Å²) in [5.41, 5.74) is 0.912. The molecule has 23 heavy (non-hydrogen) atoms. The molecule has 0 atom stereocenters. The van der Waals surface area contributed by atoms with Crippen molar-refractivity contribution < 1.29 is 9.47 Å². The highest BCUT2D eigenvalue weighted by Crippen LogP contribution is 2.31. The van der Waals surface area contributed by atoms with Gasteiger partial charge >= 0.3 is 0 Å². The highest BCUT2D eigenvalue weighted by Gasteiger charge is 2.06. The smallest absolute Gasteiger partial charge is 0.138 e. The number of hydrogen-bond acceptors (Lipinski definition) is 3. The number of hydrogen-bond donors (Lipinski definition) is 0. The lowest BCUT2D eigenvalue weighted by atomic mass is 10.3. The maximum atomic E-state index is 6.25. The number of para-hydroxylation sites is 1. The average Bonchev–Trinajstić information content (AvgIpc) is 2.57. The summed E-state index contributed by atoms with van der Waals surface area (Å²) in [6.07, 6.45) is 1.67. The monoisotopic (exact) mass is 345 g/mol. The van der Waals surface area contributed by atoms with Crippen molar-refractivity contribution in [2.45, 2.75) is 6.61 Å². The van der Waals surface area contributed by atoms with Crippen LogP contribution in [0.1, 0.15) is 5.56 Å². The standard InChI is InChI=1S/C18H13Cl2NO2/c19-16-10-15(23-14-4-2-1-3-5-14)7-8-17(16)22-12-13-6-9-18(20)21-11-13/h1-11H,12H2. The third-order valence-electron chi connectivity index (χ3n) is 3.07. The molecular formula is C18H13Cl2NO2. The van der Waals surface area contributed by atoms with Gasteiger partial charge in [-0.3, -0.25) is 0 Å². The van der Waals surface area contributed by atoms with Crippen molar-refractivity contribution in [1.29, 1.82) is 0 Å². The molecule has 0 aliphatic rings. The molecule has 0 fully saturated rings. The van der Waals surface area contributed by atoms with Crippen LogP contribution in [0.15, 0.2) is 66.9 Å². The zero-order valence-corrected chi connectivity index (χ0v) is 13.6. The Hall–Kier alpha value is -2.23. The molecule has 0 saturated carbocycles. The Balaban J connectivity index is 1.66. The molecule has 0 aliphatic heterocycles. The zero-order valence-electron chi connectivity index (χ0n) is 12.1. The lowest BCUT2D eigenvalue weighted by molar-refractivity contribution is 0.305. The Kier molecular flexibility index (Phi) is 5.01. The SMILES string of the molecule is Clc1ccc(COc2ccc(Oc3ccccc3)cc2Cl)cn1. The van der Waals surface area contributed by atoms with E-state index in [2.05, 4.69) is 4.98 Å². The van der Waals surface area contributed by atoms with Gasteiger partial charge < -0.3 is 9.47 Å². The van der Waals surface area contributed by atoms with Gasteiger partial charge in [0.1, 0.15) is 29.0 Å². The number of halogens is 2. The maximum Gasteiger partial charge on any atom is 0.138 e. The summed E-state index contributed by atoms with van der Waals surface area (Å²) in [4.78, 5) is 4.01. The molecule has 0 spiro atoms. The molecule has 1 aromatic heterocycles.